The molecule has 0 bridgehead atoms. The molecular weight excluding hydrogens is 402 g/mol. The molecule has 0 amide bonds. The largest absolute Gasteiger partial charge is 0.390 e. The maximum Gasteiger partial charge on any atom is 0.145 e. The standard InChI is InChI=1S/C24H30F2N2O3/c1-17(2)15-30-16-22(29)13-28(12-18-3-7-20(25)8-4-18)14-23-11-24(27-31-23)19-5-9-21(26)10-6-19/h3-10,17,22-23,29H,11-16H2,1-2H3/t22-,23+/m1/s1. The van der Waals surface area contributed by atoms with Gasteiger partial charge < -0.3 is 14.7 Å². The molecule has 1 N–H and O–H groups in total. The molecule has 0 aromatic heterocycles. The first-order valence-electron chi connectivity index (χ1n) is 10.6. The van der Waals surface area contributed by atoms with Crippen molar-refractivity contribution < 1.29 is 23.5 Å². The molecule has 0 radical (unpaired) electrons. The van der Waals surface area contributed by atoms with Crippen LogP contribution in [-0.2, 0) is 16.1 Å². The van der Waals surface area contributed by atoms with E-state index in [9.17, 15) is 13.9 Å². The van der Waals surface area contributed by atoms with E-state index < -0.39 is 6.10 Å². The van der Waals surface area contributed by atoms with Gasteiger partial charge in [-0.3, -0.25) is 4.90 Å². The zero-order valence-corrected chi connectivity index (χ0v) is 18.0. The van der Waals surface area contributed by atoms with Crippen molar-refractivity contribution in [1.82, 2.24) is 4.90 Å². The first-order chi connectivity index (χ1) is 14.9. The molecule has 0 aliphatic carbocycles. The minimum atomic E-state index is -0.655. The summed E-state index contributed by atoms with van der Waals surface area (Å²) in [6.45, 7) is 6.42. The number of benzene rings is 2. The third-order valence-corrected chi connectivity index (χ3v) is 4.92. The molecule has 7 heteroatoms. The zero-order valence-electron chi connectivity index (χ0n) is 18.0. The fourth-order valence-electron chi connectivity index (χ4n) is 3.47. The Morgan fingerprint density at radius 3 is 2.35 bits per heavy atom. The second-order valence-electron chi connectivity index (χ2n) is 8.38. The van der Waals surface area contributed by atoms with E-state index in [1.54, 1.807) is 24.3 Å². The van der Waals surface area contributed by atoms with E-state index in [0.717, 1.165) is 16.8 Å². The van der Waals surface area contributed by atoms with E-state index >= 15 is 0 Å². The predicted octanol–water partition coefficient (Wildman–Crippen LogP) is 3.99. The second-order valence-corrected chi connectivity index (χ2v) is 8.38. The molecule has 0 saturated heterocycles. The number of halogens is 2. The van der Waals surface area contributed by atoms with Crippen LogP contribution in [0.1, 0.15) is 31.4 Å². The van der Waals surface area contributed by atoms with Gasteiger partial charge in [0.05, 0.1) is 18.4 Å². The van der Waals surface area contributed by atoms with Crippen LogP contribution in [-0.4, -0.2) is 54.2 Å². The lowest BCUT2D eigenvalue weighted by molar-refractivity contribution is -0.00734. The van der Waals surface area contributed by atoms with Crippen LogP contribution in [0.15, 0.2) is 53.7 Å². The highest BCUT2D eigenvalue weighted by atomic mass is 19.1. The zero-order chi connectivity index (χ0) is 22.2. The quantitative estimate of drug-likeness (QED) is 0.583. The van der Waals surface area contributed by atoms with Gasteiger partial charge in [0.2, 0.25) is 0 Å². The molecule has 0 spiro atoms. The van der Waals surface area contributed by atoms with E-state index in [1.807, 2.05) is 0 Å². The van der Waals surface area contributed by atoms with Crippen molar-refractivity contribution in [3.05, 3.63) is 71.3 Å². The highest BCUT2D eigenvalue weighted by Crippen LogP contribution is 2.19. The molecule has 2 aromatic carbocycles. The van der Waals surface area contributed by atoms with E-state index in [1.165, 1.54) is 24.3 Å². The second kappa shape index (κ2) is 11.3. The van der Waals surface area contributed by atoms with Crippen molar-refractivity contribution in [3.63, 3.8) is 0 Å². The van der Waals surface area contributed by atoms with E-state index in [2.05, 4.69) is 23.9 Å². The Bertz CT molecular complexity index is 841. The van der Waals surface area contributed by atoms with Crippen molar-refractivity contribution >= 4 is 5.71 Å². The molecule has 2 aromatic rings. The summed E-state index contributed by atoms with van der Waals surface area (Å²) in [5, 5.41) is 14.6. The maximum atomic E-state index is 13.3. The molecule has 1 aliphatic heterocycles. The lowest BCUT2D eigenvalue weighted by Crippen LogP contribution is -2.39. The Kier molecular flexibility index (Phi) is 8.51. The Hall–Kier alpha value is -2.35. The first-order valence-corrected chi connectivity index (χ1v) is 10.6. The molecular formula is C24H30F2N2O3. The number of hydrogen-bond acceptors (Lipinski definition) is 5. The highest BCUT2D eigenvalue weighted by molar-refractivity contribution is 6.01. The maximum absolute atomic E-state index is 13.3. The van der Waals surface area contributed by atoms with E-state index in [0.29, 0.717) is 38.6 Å². The summed E-state index contributed by atoms with van der Waals surface area (Å²) in [4.78, 5) is 7.67. The van der Waals surface area contributed by atoms with Crippen LogP contribution in [0.3, 0.4) is 0 Å². The fraction of sp³-hybridized carbons (Fsp3) is 0.458. The van der Waals surface area contributed by atoms with Crippen molar-refractivity contribution in [2.75, 3.05) is 26.3 Å². The number of aliphatic hydroxyl groups is 1. The third-order valence-electron chi connectivity index (χ3n) is 4.92. The average molecular weight is 433 g/mol. The van der Waals surface area contributed by atoms with Crippen molar-refractivity contribution in [3.8, 4) is 0 Å². The Morgan fingerprint density at radius 1 is 1.06 bits per heavy atom. The molecule has 168 valence electrons. The SMILES string of the molecule is CC(C)COC[C@H](O)CN(Cc1ccc(F)cc1)C[C@@H]1CC(c2ccc(F)cc2)=NO1. The number of rotatable bonds is 11. The molecule has 3 rings (SSSR count). The van der Waals surface area contributed by atoms with Crippen molar-refractivity contribution in [2.24, 2.45) is 11.1 Å². The van der Waals surface area contributed by atoms with Crippen LogP contribution in [0.2, 0.25) is 0 Å². The summed E-state index contributed by atoms with van der Waals surface area (Å²) in [6.07, 6.45) is -0.256. The van der Waals surface area contributed by atoms with Crippen LogP contribution >= 0.6 is 0 Å². The number of nitrogens with zero attached hydrogens (tertiary/aromatic N) is 2. The van der Waals surface area contributed by atoms with Crippen molar-refractivity contribution in [1.29, 1.82) is 0 Å². The first kappa shape index (κ1) is 23.3. The lowest BCUT2D eigenvalue weighted by atomic mass is 10.0. The Balaban J connectivity index is 1.59. The number of hydrogen-bond donors (Lipinski definition) is 1. The number of ether oxygens (including phenoxy) is 1. The van der Waals surface area contributed by atoms with Gasteiger partial charge in [-0.2, -0.15) is 0 Å². The van der Waals surface area contributed by atoms with Crippen LogP contribution in [0.25, 0.3) is 0 Å². The molecule has 0 fully saturated rings. The number of aliphatic hydroxyl groups excluding tert-OH is 1. The van der Waals surface area contributed by atoms with Gasteiger partial charge in [-0.25, -0.2) is 8.78 Å². The van der Waals surface area contributed by atoms with Crippen LogP contribution in [0.5, 0.6) is 0 Å². The van der Waals surface area contributed by atoms with Gasteiger partial charge >= 0.3 is 0 Å². The highest BCUT2D eigenvalue weighted by Gasteiger charge is 2.26. The molecule has 31 heavy (non-hydrogen) atoms. The molecule has 2 atom stereocenters. The van der Waals surface area contributed by atoms with Gasteiger partial charge in [-0.15, -0.1) is 0 Å². The molecule has 0 unspecified atom stereocenters. The topological polar surface area (TPSA) is 54.3 Å². The Morgan fingerprint density at radius 2 is 1.71 bits per heavy atom. The normalized spacial score (nSPS) is 17.1. The smallest absolute Gasteiger partial charge is 0.145 e. The van der Waals surface area contributed by atoms with Crippen LogP contribution < -0.4 is 0 Å². The van der Waals surface area contributed by atoms with Gasteiger partial charge in [0.1, 0.15) is 17.7 Å². The van der Waals surface area contributed by atoms with E-state index in [-0.39, 0.29) is 24.3 Å². The van der Waals surface area contributed by atoms with Crippen LogP contribution in [0, 0.1) is 17.6 Å². The van der Waals surface area contributed by atoms with Crippen LogP contribution in [0.4, 0.5) is 8.78 Å². The van der Waals surface area contributed by atoms with Gasteiger partial charge in [0.25, 0.3) is 0 Å². The van der Waals surface area contributed by atoms with Gasteiger partial charge in [-0.05, 0) is 41.3 Å². The van der Waals surface area contributed by atoms with Gasteiger partial charge in [0.15, 0.2) is 0 Å². The summed E-state index contributed by atoms with van der Waals surface area (Å²) >= 11 is 0. The average Bonchev–Trinajstić information content (AvgIpc) is 3.18. The summed E-state index contributed by atoms with van der Waals surface area (Å²) in [5.74, 6) is -0.177. The monoisotopic (exact) mass is 432 g/mol. The molecule has 0 saturated carbocycles. The molecule has 1 heterocycles. The van der Waals surface area contributed by atoms with Gasteiger partial charge in [0, 0.05) is 32.7 Å². The fourth-order valence-corrected chi connectivity index (χ4v) is 3.47. The minimum absolute atomic E-state index is 0.190. The number of oxime groups is 1. The Labute approximate surface area is 182 Å². The van der Waals surface area contributed by atoms with Gasteiger partial charge in [-0.1, -0.05) is 43.3 Å². The lowest BCUT2D eigenvalue weighted by Gasteiger charge is -2.27. The summed E-state index contributed by atoms with van der Waals surface area (Å²) in [6, 6.07) is 12.5. The molecule has 1 aliphatic rings. The summed E-state index contributed by atoms with van der Waals surface area (Å²) in [7, 11) is 0. The predicted molar refractivity (Wildman–Crippen MR) is 116 cm³/mol. The third kappa shape index (κ3) is 7.69. The summed E-state index contributed by atoms with van der Waals surface area (Å²) < 4.78 is 32.0. The summed E-state index contributed by atoms with van der Waals surface area (Å²) in [5.41, 5.74) is 2.54. The van der Waals surface area contributed by atoms with E-state index in [4.69, 9.17) is 9.57 Å². The van der Waals surface area contributed by atoms with Crippen molar-refractivity contribution in [2.45, 2.75) is 39.0 Å². The minimum Gasteiger partial charge on any atom is -0.390 e. The molecule has 5 nitrogen and oxygen atoms in total.